The molecule has 1 amide bonds. The first-order valence-corrected chi connectivity index (χ1v) is 5.56. The number of carbonyl (C=O) groups is 1. The summed E-state index contributed by atoms with van der Waals surface area (Å²) in [6, 6.07) is 0. The van der Waals surface area contributed by atoms with Gasteiger partial charge in [-0.15, -0.1) is 0 Å². The Balaban J connectivity index is 2.56. The van der Waals surface area contributed by atoms with Crippen LogP contribution in [0.2, 0.25) is 0 Å². The molecule has 0 atom stereocenters. The number of nitrogens with zero attached hydrogens (tertiary/aromatic N) is 2. The number of nitrogens with two attached hydrogens (primary N) is 1. The van der Waals surface area contributed by atoms with E-state index < -0.39 is 0 Å². The molecule has 0 aliphatic heterocycles. The number of hydrogen-bond acceptors (Lipinski definition) is 3. The summed E-state index contributed by atoms with van der Waals surface area (Å²) < 4.78 is 1.77. The zero-order chi connectivity index (χ0) is 12.1. The maximum atomic E-state index is 11.6. The van der Waals surface area contributed by atoms with Gasteiger partial charge in [-0.3, -0.25) is 9.48 Å². The molecule has 1 rings (SSSR count). The van der Waals surface area contributed by atoms with Crippen molar-refractivity contribution in [1.82, 2.24) is 9.78 Å². The summed E-state index contributed by atoms with van der Waals surface area (Å²) in [6.07, 6.45) is 2.24. The fourth-order valence-electron chi connectivity index (χ4n) is 1.59. The van der Waals surface area contributed by atoms with Crippen LogP contribution in [0, 0.1) is 13.8 Å². The molecular weight excluding hydrogens is 204 g/mol. The second-order valence-corrected chi connectivity index (χ2v) is 3.96. The lowest BCUT2D eigenvalue weighted by Gasteiger charge is -2.05. The number of carbonyl (C=O) groups excluding carboxylic acids is 1. The van der Waals surface area contributed by atoms with Gasteiger partial charge in [-0.2, -0.15) is 5.10 Å². The van der Waals surface area contributed by atoms with Gasteiger partial charge in [-0.1, -0.05) is 0 Å². The molecule has 90 valence electrons. The highest BCUT2D eigenvalue weighted by molar-refractivity contribution is 5.91. The number of anilines is 1. The third-order valence-corrected chi connectivity index (χ3v) is 2.63. The van der Waals surface area contributed by atoms with Gasteiger partial charge in [-0.05, 0) is 33.2 Å². The van der Waals surface area contributed by atoms with E-state index in [-0.39, 0.29) is 5.91 Å². The lowest BCUT2D eigenvalue weighted by atomic mass is 10.2. The quantitative estimate of drug-likeness (QED) is 0.736. The molecule has 1 aromatic heterocycles. The first-order valence-electron chi connectivity index (χ1n) is 5.56. The molecule has 1 heterocycles. The van der Waals surface area contributed by atoms with Crippen molar-refractivity contribution < 1.29 is 4.79 Å². The van der Waals surface area contributed by atoms with E-state index in [1.165, 1.54) is 0 Å². The molecule has 3 N–H and O–H groups in total. The van der Waals surface area contributed by atoms with E-state index in [4.69, 9.17) is 5.73 Å². The van der Waals surface area contributed by atoms with Crippen molar-refractivity contribution >= 4 is 11.6 Å². The van der Waals surface area contributed by atoms with E-state index in [0.717, 1.165) is 29.9 Å². The number of unbranched alkanes of at least 4 members (excludes halogenated alkanes) is 1. The second kappa shape index (κ2) is 5.65. The molecule has 0 saturated carbocycles. The predicted molar refractivity (Wildman–Crippen MR) is 64.2 cm³/mol. The van der Waals surface area contributed by atoms with Gasteiger partial charge in [0.15, 0.2) is 0 Å². The predicted octanol–water partition coefficient (Wildman–Crippen LogP) is 1.10. The van der Waals surface area contributed by atoms with Crippen molar-refractivity contribution in [2.75, 3.05) is 11.9 Å². The van der Waals surface area contributed by atoms with Crippen molar-refractivity contribution in [3.63, 3.8) is 0 Å². The molecule has 5 heteroatoms. The fourth-order valence-corrected chi connectivity index (χ4v) is 1.59. The van der Waals surface area contributed by atoms with Gasteiger partial charge in [0.1, 0.15) is 0 Å². The zero-order valence-corrected chi connectivity index (χ0v) is 10.2. The first-order chi connectivity index (χ1) is 7.56. The molecule has 0 aromatic carbocycles. The largest absolute Gasteiger partial charge is 0.330 e. The van der Waals surface area contributed by atoms with Crippen LogP contribution in [0.25, 0.3) is 0 Å². The molecule has 0 aliphatic rings. The first kappa shape index (κ1) is 12.7. The number of aryl methyl sites for hydroxylation is 2. The summed E-state index contributed by atoms with van der Waals surface area (Å²) in [5, 5.41) is 7.14. The molecular formula is C11H20N4O. The minimum Gasteiger partial charge on any atom is -0.330 e. The van der Waals surface area contributed by atoms with Crippen LogP contribution < -0.4 is 11.1 Å². The smallest absolute Gasteiger partial charge is 0.224 e. The number of hydrogen-bond donors (Lipinski definition) is 2. The highest BCUT2D eigenvalue weighted by atomic mass is 16.1. The normalized spacial score (nSPS) is 10.5. The number of aromatic nitrogens is 2. The maximum absolute atomic E-state index is 11.6. The van der Waals surface area contributed by atoms with Gasteiger partial charge in [0, 0.05) is 13.5 Å². The monoisotopic (exact) mass is 224 g/mol. The molecule has 0 fully saturated rings. The molecule has 0 saturated heterocycles. The van der Waals surface area contributed by atoms with Crippen molar-refractivity contribution in [2.45, 2.75) is 33.1 Å². The standard InChI is InChI=1S/C11H20N4O/c1-8-11(9(2)15(3)14-8)13-10(16)6-4-5-7-12/h4-7,12H2,1-3H3,(H,13,16). The molecule has 5 nitrogen and oxygen atoms in total. The summed E-state index contributed by atoms with van der Waals surface area (Å²) in [7, 11) is 1.87. The highest BCUT2D eigenvalue weighted by Crippen LogP contribution is 2.18. The summed E-state index contributed by atoms with van der Waals surface area (Å²) in [5.41, 5.74) is 8.04. The minimum absolute atomic E-state index is 0.0349. The highest BCUT2D eigenvalue weighted by Gasteiger charge is 2.11. The third kappa shape index (κ3) is 3.06. The number of rotatable bonds is 5. The van der Waals surface area contributed by atoms with Crippen molar-refractivity contribution in [1.29, 1.82) is 0 Å². The lowest BCUT2D eigenvalue weighted by Crippen LogP contribution is -2.13. The number of nitrogens with one attached hydrogen (secondary N) is 1. The summed E-state index contributed by atoms with van der Waals surface area (Å²) in [6.45, 7) is 4.47. The maximum Gasteiger partial charge on any atom is 0.224 e. The van der Waals surface area contributed by atoms with Crippen molar-refractivity contribution in [3.05, 3.63) is 11.4 Å². The van der Waals surface area contributed by atoms with Gasteiger partial charge in [0.05, 0.1) is 17.1 Å². The Kier molecular flexibility index (Phi) is 4.49. The summed E-state index contributed by atoms with van der Waals surface area (Å²) >= 11 is 0. The van der Waals surface area contributed by atoms with E-state index in [1.807, 2.05) is 20.9 Å². The van der Waals surface area contributed by atoms with Crippen LogP contribution in [0.4, 0.5) is 5.69 Å². The van der Waals surface area contributed by atoms with E-state index >= 15 is 0 Å². The van der Waals surface area contributed by atoms with Gasteiger partial charge >= 0.3 is 0 Å². The lowest BCUT2D eigenvalue weighted by molar-refractivity contribution is -0.116. The zero-order valence-electron chi connectivity index (χ0n) is 10.2. The van der Waals surface area contributed by atoms with Crippen LogP contribution in [0.5, 0.6) is 0 Å². The van der Waals surface area contributed by atoms with Gasteiger partial charge in [0.2, 0.25) is 5.91 Å². The summed E-state index contributed by atoms with van der Waals surface area (Å²) in [4.78, 5) is 11.6. The Morgan fingerprint density at radius 1 is 1.44 bits per heavy atom. The minimum atomic E-state index is 0.0349. The number of amides is 1. The Morgan fingerprint density at radius 3 is 2.62 bits per heavy atom. The van der Waals surface area contributed by atoms with E-state index in [1.54, 1.807) is 4.68 Å². The fraction of sp³-hybridized carbons (Fsp3) is 0.636. The van der Waals surface area contributed by atoms with Gasteiger partial charge < -0.3 is 11.1 Å². The Morgan fingerprint density at radius 2 is 2.12 bits per heavy atom. The van der Waals surface area contributed by atoms with Crippen LogP contribution in [0.15, 0.2) is 0 Å². The molecule has 0 radical (unpaired) electrons. The summed E-state index contributed by atoms with van der Waals surface area (Å²) in [5.74, 6) is 0.0349. The molecule has 0 bridgehead atoms. The van der Waals surface area contributed by atoms with Gasteiger partial charge in [0.25, 0.3) is 0 Å². The SMILES string of the molecule is Cc1nn(C)c(C)c1NC(=O)CCCCN. The Hall–Kier alpha value is -1.36. The van der Waals surface area contributed by atoms with Crippen LogP contribution in [-0.4, -0.2) is 22.2 Å². The molecule has 16 heavy (non-hydrogen) atoms. The molecule has 1 aromatic rings. The van der Waals surface area contributed by atoms with Crippen molar-refractivity contribution in [2.24, 2.45) is 12.8 Å². The average molecular weight is 224 g/mol. The van der Waals surface area contributed by atoms with E-state index in [0.29, 0.717) is 13.0 Å². The Bertz CT molecular complexity index is 370. The third-order valence-electron chi connectivity index (χ3n) is 2.63. The van der Waals surface area contributed by atoms with Crippen LogP contribution in [0.1, 0.15) is 30.7 Å². The topological polar surface area (TPSA) is 72.9 Å². The molecule has 0 unspecified atom stereocenters. The molecule has 0 spiro atoms. The van der Waals surface area contributed by atoms with E-state index in [9.17, 15) is 4.79 Å². The molecule has 0 aliphatic carbocycles. The van der Waals surface area contributed by atoms with Crippen molar-refractivity contribution in [3.8, 4) is 0 Å². The van der Waals surface area contributed by atoms with E-state index in [2.05, 4.69) is 10.4 Å². The van der Waals surface area contributed by atoms with Crippen LogP contribution in [0.3, 0.4) is 0 Å². The van der Waals surface area contributed by atoms with Crippen LogP contribution >= 0.6 is 0 Å². The van der Waals surface area contributed by atoms with Crippen LogP contribution in [-0.2, 0) is 11.8 Å². The average Bonchev–Trinajstić information content (AvgIpc) is 2.46. The second-order valence-electron chi connectivity index (χ2n) is 3.96. The Labute approximate surface area is 96.0 Å². The van der Waals surface area contributed by atoms with Gasteiger partial charge in [-0.25, -0.2) is 0 Å².